The lowest BCUT2D eigenvalue weighted by atomic mass is 10.0. The van der Waals surface area contributed by atoms with Crippen molar-refractivity contribution in [3.05, 3.63) is 0 Å². The highest BCUT2D eigenvalue weighted by atomic mass is 32.2. The maximum absolute atomic E-state index is 11.8. The molecule has 3 nitrogen and oxygen atoms in total. The van der Waals surface area contributed by atoms with Crippen molar-refractivity contribution in [3.63, 3.8) is 0 Å². The third-order valence-corrected chi connectivity index (χ3v) is 3.94. The Balaban J connectivity index is 2.44. The lowest BCUT2D eigenvalue weighted by Crippen LogP contribution is -2.41. The monoisotopic (exact) mass is 230 g/mol. The van der Waals surface area contributed by atoms with Crippen LogP contribution in [0.25, 0.3) is 0 Å². The molecule has 1 aliphatic carbocycles. The van der Waals surface area contributed by atoms with Gasteiger partial charge >= 0.3 is 0 Å². The van der Waals surface area contributed by atoms with Gasteiger partial charge in [0.05, 0.1) is 0 Å². The molecule has 1 aliphatic rings. The number of thioether (sulfide) groups is 1. The van der Waals surface area contributed by atoms with E-state index in [-0.39, 0.29) is 5.91 Å². The molecular weight excluding hydrogens is 208 g/mol. The number of carbonyl (C=O) groups excluding carboxylic acids is 1. The van der Waals surface area contributed by atoms with Crippen LogP contribution in [0.4, 0.5) is 0 Å². The first kappa shape index (κ1) is 12.8. The second kappa shape index (κ2) is 6.38. The maximum atomic E-state index is 11.8. The molecule has 2 atom stereocenters. The number of hydrogen-bond acceptors (Lipinski definition) is 3. The molecule has 1 rings (SSSR count). The molecule has 2 unspecified atom stereocenters. The molecule has 0 aromatic heterocycles. The molecule has 88 valence electrons. The number of nitrogens with two attached hydrogens (primary N) is 1. The smallest absolute Gasteiger partial charge is 0.223 e. The maximum Gasteiger partial charge on any atom is 0.223 e. The minimum atomic E-state index is 0.273. The fourth-order valence-corrected chi connectivity index (χ4v) is 2.73. The molecule has 0 aliphatic heterocycles. The Bertz CT molecular complexity index is 211. The van der Waals surface area contributed by atoms with Gasteiger partial charge in [-0.2, -0.15) is 11.8 Å². The van der Waals surface area contributed by atoms with Gasteiger partial charge < -0.3 is 10.6 Å². The van der Waals surface area contributed by atoms with Crippen molar-refractivity contribution in [3.8, 4) is 0 Å². The first-order valence-electron chi connectivity index (χ1n) is 5.65. The highest BCUT2D eigenvalue weighted by molar-refractivity contribution is 7.98. The number of amides is 1. The second-order valence-corrected chi connectivity index (χ2v) is 5.23. The van der Waals surface area contributed by atoms with E-state index in [9.17, 15) is 4.79 Å². The largest absolute Gasteiger partial charge is 0.342 e. The quantitative estimate of drug-likeness (QED) is 0.775. The predicted molar refractivity (Wildman–Crippen MR) is 66.0 cm³/mol. The van der Waals surface area contributed by atoms with Gasteiger partial charge in [-0.15, -0.1) is 0 Å². The van der Waals surface area contributed by atoms with Crippen molar-refractivity contribution in [1.29, 1.82) is 0 Å². The minimum Gasteiger partial charge on any atom is -0.342 e. The SMILES string of the molecule is CSCCC(=O)N(C)C1CCCC1CN. The standard InChI is InChI=1S/C11H22N2OS/c1-13(11(14)6-7-15-2)10-5-3-4-9(10)8-12/h9-10H,3-8,12H2,1-2H3. The van der Waals surface area contributed by atoms with E-state index in [0.29, 0.717) is 24.9 Å². The molecular formula is C11H22N2OS. The fraction of sp³-hybridized carbons (Fsp3) is 0.909. The average molecular weight is 230 g/mol. The van der Waals surface area contributed by atoms with Crippen LogP contribution in [0.5, 0.6) is 0 Å². The zero-order valence-electron chi connectivity index (χ0n) is 9.74. The summed E-state index contributed by atoms with van der Waals surface area (Å²) in [6.45, 7) is 0.713. The molecule has 0 saturated heterocycles. The molecule has 2 N–H and O–H groups in total. The van der Waals surface area contributed by atoms with E-state index in [2.05, 4.69) is 0 Å². The zero-order valence-corrected chi connectivity index (χ0v) is 10.6. The van der Waals surface area contributed by atoms with Crippen LogP contribution in [-0.2, 0) is 4.79 Å². The van der Waals surface area contributed by atoms with Gasteiger partial charge in [0.25, 0.3) is 0 Å². The lowest BCUT2D eigenvalue weighted by molar-refractivity contribution is -0.132. The molecule has 0 spiro atoms. The van der Waals surface area contributed by atoms with E-state index in [4.69, 9.17) is 5.73 Å². The summed E-state index contributed by atoms with van der Waals surface area (Å²) in [7, 11) is 1.93. The molecule has 0 bridgehead atoms. The first-order valence-corrected chi connectivity index (χ1v) is 7.04. The van der Waals surface area contributed by atoms with Crippen LogP contribution in [0, 0.1) is 5.92 Å². The summed E-state index contributed by atoms with van der Waals surface area (Å²) in [5.74, 6) is 1.71. The Morgan fingerprint density at radius 3 is 2.87 bits per heavy atom. The van der Waals surface area contributed by atoms with E-state index >= 15 is 0 Å². The lowest BCUT2D eigenvalue weighted by Gasteiger charge is -2.29. The molecule has 0 heterocycles. The Hall–Kier alpha value is -0.220. The fourth-order valence-electron chi connectivity index (χ4n) is 2.35. The van der Waals surface area contributed by atoms with Crippen LogP contribution in [0.1, 0.15) is 25.7 Å². The van der Waals surface area contributed by atoms with Gasteiger partial charge in [0.2, 0.25) is 5.91 Å². The highest BCUT2D eigenvalue weighted by Crippen LogP contribution is 2.28. The summed E-state index contributed by atoms with van der Waals surface area (Å²) in [5.41, 5.74) is 5.72. The van der Waals surface area contributed by atoms with Gasteiger partial charge in [-0.3, -0.25) is 4.79 Å². The van der Waals surface area contributed by atoms with Crippen molar-refractivity contribution in [1.82, 2.24) is 4.90 Å². The van der Waals surface area contributed by atoms with Gasteiger partial charge in [0.1, 0.15) is 0 Å². The summed E-state index contributed by atoms with van der Waals surface area (Å²) in [5, 5.41) is 0. The Morgan fingerprint density at radius 1 is 1.53 bits per heavy atom. The van der Waals surface area contributed by atoms with Gasteiger partial charge in [-0.1, -0.05) is 6.42 Å². The highest BCUT2D eigenvalue weighted by Gasteiger charge is 2.31. The zero-order chi connectivity index (χ0) is 11.3. The summed E-state index contributed by atoms with van der Waals surface area (Å²) in [4.78, 5) is 13.8. The summed E-state index contributed by atoms with van der Waals surface area (Å²) in [6.07, 6.45) is 6.22. The van der Waals surface area contributed by atoms with Gasteiger partial charge in [0.15, 0.2) is 0 Å². The number of rotatable bonds is 5. The normalized spacial score (nSPS) is 25.5. The average Bonchev–Trinajstić information content (AvgIpc) is 2.72. The molecule has 0 radical (unpaired) electrons. The number of hydrogen-bond donors (Lipinski definition) is 1. The van der Waals surface area contributed by atoms with Crippen LogP contribution in [0.2, 0.25) is 0 Å². The Labute approximate surface area is 96.8 Å². The van der Waals surface area contributed by atoms with E-state index in [1.54, 1.807) is 11.8 Å². The molecule has 15 heavy (non-hydrogen) atoms. The van der Waals surface area contributed by atoms with E-state index in [0.717, 1.165) is 12.2 Å². The first-order chi connectivity index (χ1) is 7.20. The van der Waals surface area contributed by atoms with Crippen molar-refractivity contribution in [2.24, 2.45) is 11.7 Å². The van der Waals surface area contributed by atoms with E-state index in [1.165, 1.54) is 12.8 Å². The van der Waals surface area contributed by atoms with Crippen molar-refractivity contribution in [2.45, 2.75) is 31.7 Å². The van der Waals surface area contributed by atoms with E-state index in [1.807, 2.05) is 18.2 Å². The van der Waals surface area contributed by atoms with Gasteiger partial charge in [-0.25, -0.2) is 0 Å². The topological polar surface area (TPSA) is 46.3 Å². The molecule has 1 saturated carbocycles. The van der Waals surface area contributed by atoms with Crippen molar-refractivity contribution < 1.29 is 4.79 Å². The second-order valence-electron chi connectivity index (χ2n) is 4.24. The van der Waals surface area contributed by atoms with Crippen LogP contribution in [0.15, 0.2) is 0 Å². The third-order valence-electron chi connectivity index (χ3n) is 3.33. The van der Waals surface area contributed by atoms with Crippen LogP contribution in [-0.4, -0.2) is 42.4 Å². The number of nitrogens with zero attached hydrogens (tertiary/aromatic N) is 1. The minimum absolute atomic E-state index is 0.273. The van der Waals surface area contributed by atoms with Gasteiger partial charge in [0, 0.05) is 25.3 Å². The van der Waals surface area contributed by atoms with Gasteiger partial charge in [-0.05, 0) is 31.6 Å². The third kappa shape index (κ3) is 3.38. The molecule has 1 amide bonds. The van der Waals surface area contributed by atoms with Crippen LogP contribution >= 0.6 is 11.8 Å². The Morgan fingerprint density at radius 2 is 2.27 bits per heavy atom. The molecule has 4 heteroatoms. The number of carbonyl (C=O) groups is 1. The molecule has 0 aromatic rings. The Kier molecular flexibility index (Phi) is 5.47. The van der Waals surface area contributed by atoms with Crippen LogP contribution < -0.4 is 5.73 Å². The van der Waals surface area contributed by atoms with E-state index < -0.39 is 0 Å². The summed E-state index contributed by atoms with van der Waals surface area (Å²) in [6, 6.07) is 0.393. The molecule has 1 fully saturated rings. The summed E-state index contributed by atoms with van der Waals surface area (Å²) >= 11 is 1.72. The predicted octanol–water partition coefficient (Wildman–Crippen LogP) is 1.33. The summed E-state index contributed by atoms with van der Waals surface area (Å²) < 4.78 is 0. The van der Waals surface area contributed by atoms with Crippen molar-refractivity contribution >= 4 is 17.7 Å². The van der Waals surface area contributed by atoms with Crippen molar-refractivity contribution in [2.75, 3.05) is 25.6 Å². The van der Waals surface area contributed by atoms with Crippen LogP contribution in [0.3, 0.4) is 0 Å². The molecule has 0 aromatic carbocycles.